The van der Waals surface area contributed by atoms with E-state index < -0.39 is 7.82 Å². The van der Waals surface area contributed by atoms with Crippen LogP contribution >= 0.6 is 7.82 Å². The topological polar surface area (TPSA) is 81.6 Å². The van der Waals surface area contributed by atoms with Gasteiger partial charge in [-0.25, -0.2) is 0 Å². The highest BCUT2D eigenvalue weighted by Gasteiger charge is 1.96. The monoisotopic (exact) mass is 183 g/mol. The molecule has 0 radical (unpaired) electrons. The Morgan fingerprint density at radius 2 is 2.27 bits per heavy atom. The molecule has 0 saturated heterocycles. The number of phosphoric ester groups is 1. The SMILES string of the molecule is C=CCOP(=O)([O-])O.CNC.[H+]. The molecule has 1 unspecified atom stereocenters. The van der Waals surface area contributed by atoms with Crippen LogP contribution in [0, 0.1) is 0 Å². The van der Waals surface area contributed by atoms with Gasteiger partial charge in [-0.3, -0.25) is 4.57 Å². The highest BCUT2D eigenvalue weighted by molar-refractivity contribution is 7.44. The molecule has 0 spiro atoms. The molecule has 6 heteroatoms. The van der Waals surface area contributed by atoms with Crippen LogP contribution in [-0.2, 0) is 9.09 Å². The third-order valence-electron chi connectivity index (χ3n) is 0.356. The van der Waals surface area contributed by atoms with Gasteiger partial charge in [0.25, 0.3) is 7.82 Å². The van der Waals surface area contributed by atoms with E-state index >= 15 is 0 Å². The molecule has 11 heavy (non-hydrogen) atoms. The van der Waals surface area contributed by atoms with Crippen molar-refractivity contribution < 1.29 is 20.3 Å². The highest BCUT2D eigenvalue weighted by Crippen LogP contribution is 2.29. The lowest BCUT2D eigenvalue weighted by molar-refractivity contribution is -0.218. The first-order valence-corrected chi connectivity index (χ1v) is 4.35. The van der Waals surface area contributed by atoms with Gasteiger partial charge in [-0.2, -0.15) is 0 Å². The summed E-state index contributed by atoms with van der Waals surface area (Å²) in [5.41, 5.74) is 0. The van der Waals surface area contributed by atoms with Gasteiger partial charge in [0.05, 0.1) is 6.61 Å². The van der Waals surface area contributed by atoms with Crippen molar-refractivity contribution in [2.45, 2.75) is 0 Å². The zero-order valence-electron chi connectivity index (χ0n) is 7.61. The average molecular weight is 183 g/mol. The van der Waals surface area contributed by atoms with Crippen LogP contribution in [0.1, 0.15) is 1.43 Å². The van der Waals surface area contributed by atoms with Gasteiger partial charge in [-0.1, -0.05) is 6.08 Å². The Morgan fingerprint density at radius 1 is 1.91 bits per heavy atom. The largest absolute Gasteiger partial charge is 1.00 e. The Morgan fingerprint density at radius 3 is 2.36 bits per heavy atom. The van der Waals surface area contributed by atoms with Crippen molar-refractivity contribution in [3.05, 3.63) is 12.7 Å². The van der Waals surface area contributed by atoms with E-state index in [2.05, 4.69) is 16.4 Å². The maximum absolute atomic E-state index is 9.70. The molecule has 0 rings (SSSR count). The van der Waals surface area contributed by atoms with E-state index in [1.54, 1.807) is 0 Å². The summed E-state index contributed by atoms with van der Waals surface area (Å²) in [6.07, 6.45) is 1.22. The fraction of sp³-hybridized carbons (Fsp3) is 0.600. The molecule has 0 aliphatic rings. The van der Waals surface area contributed by atoms with E-state index in [1.165, 1.54) is 6.08 Å². The minimum Gasteiger partial charge on any atom is -0.756 e. The first kappa shape index (κ1) is 13.4. The Kier molecular flexibility index (Phi) is 9.64. The van der Waals surface area contributed by atoms with E-state index in [1.807, 2.05) is 14.1 Å². The summed E-state index contributed by atoms with van der Waals surface area (Å²) in [6.45, 7) is 2.98. The van der Waals surface area contributed by atoms with Gasteiger partial charge in [0.2, 0.25) is 0 Å². The molecule has 0 bridgehead atoms. The van der Waals surface area contributed by atoms with Gasteiger partial charge in [0.15, 0.2) is 0 Å². The van der Waals surface area contributed by atoms with Crippen LogP contribution in [0.15, 0.2) is 12.7 Å². The van der Waals surface area contributed by atoms with Crippen molar-refractivity contribution in [1.82, 2.24) is 5.32 Å². The summed E-state index contributed by atoms with van der Waals surface area (Å²) in [6, 6.07) is 0. The molecular weight excluding hydrogens is 169 g/mol. The Balaban J connectivity index is -0.000000177. The molecule has 0 aromatic rings. The summed E-state index contributed by atoms with van der Waals surface area (Å²) >= 11 is 0. The van der Waals surface area contributed by atoms with Crippen molar-refractivity contribution in [2.75, 3.05) is 20.7 Å². The van der Waals surface area contributed by atoms with Crippen LogP contribution in [0.4, 0.5) is 0 Å². The molecule has 0 aliphatic carbocycles. The normalized spacial score (nSPS) is 14.2. The Labute approximate surface area is 67.8 Å². The van der Waals surface area contributed by atoms with Crippen molar-refractivity contribution in [3.63, 3.8) is 0 Å². The van der Waals surface area contributed by atoms with Gasteiger partial charge < -0.3 is 19.6 Å². The summed E-state index contributed by atoms with van der Waals surface area (Å²) in [4.78, 5) is 17.6. The van der Waals surface area contributed by atoms with Crippen LogP contribution < -0.4 is 10.2 Å². The summed E-state index contributed by atoms with van der Waals surface area (Å²) in [7, 11) is -0.753. The fourth-order valence-corrected chi connectivity index (χ4v) is 0.441. The predicted molar refractivity (Wildman–Crippen MR) is 42.1 cm³/mol. The summed E-state index contributed by atoms with van der Waals surface area (Å²) in [5.74, 6) is 0. The molecule has 0 saturated carbocycles. The van der Waals surface area contributed by atoms with Crippen molar-refractivity contribution in [2.24, 2.45) is 0 Å². The Hall–Kier alpha value is -0.190. The van der Waals surface area contributed by atoms with E-state index in [9.17, 15) is 9.46 Å². The Bertz CT molecular complexity index is 137. The molecule has 68 valence electrons. The second kappa shape index (κ2) is 7.91. The average Bonchev–Trinajstić information content (AvgIpc) is 1.84. The van der Waals surface area contributed by atoms with Crippen molar-refractivity contribution in [1.29, 1.82) is 0 Å². The third kappa shape index (κ3) is 25.9. The molecule has 1 atom stereocenters. The van der Waals surface area contributed by atoms with Crippen molar-refractivity contribution in [3.8, 4) is 0 Å². The molecule has 5 nitrogen and oxygen atoms in total. The van der Waals surface area contributed by atoms with E-state index in [0.29, 0.717) is 0 Å². The second-order valence-electron chi connectivity index (χ2n) is 1.55. The number of nitrogens with one attached hydrogen (secondary N) is 1. The number of rotatable bonds is 3. The standard InChI is InChI=1S/C3H7O4P.C2H7N/c1-2-3-7-8(4,5)6;1-3-2/h2H,1,3H2,(H2,4,5,6);3H,1-2H3. The van der Waals surface area contributed by atoms with Crippen LogP contribution in [-0.4, -0.2) is 25.6 Å². The van der Waals surface area contributed by atoms with E-state index in [0.717, 1.165) is 0 Å². The molecule has 2 N–H and O–H groups in total. The van der Waals surface area contributed by atoms with Crippen LogP contribution in [0.5, 0.6) is 0 Å². The molecule has 0 amide bonds. The number of hydrogen-bond donors (Lipinski definition) is 2. The van der Waals surface area contributed by atoms with Gasteiger partial charge in [0, 0.05) is 0 Å². The summed E-state index contributed by atoms with van der Waals surface area (Å²) < 4.78 is 13.5. The summed E-state index contributed by atoms with van der Waals surface area (Å²) in [5, 5.41) is 2.75. The van der Waals surface area contributed by atoms with Gasteiger partial charge in [-0.05, 0) is 14.1 Å². The quantitative estimate of drug-likeness (QED) is 0.459. The number of hydrogen-bond acceptors (Lipinski definition) is 4. The lowest BCUT2D eigenvalue weighted by atomic mass is 10.7. The highest BCUT2D eigenvalue weighted by atomic mass is 31.2. The third-order valence-corrected chi connectivity index (χ3v) is 0.831. The molecular formula is C5H14NO4P. The zero-order chi connectivity index (χ0) is 9.33. The minimum absolute atomic E-state index is 0. The van der Waals surface area contributed by atoms with Crippen LogP contribution in [0.3, 0.4) is 0 Å². The van der Waals surface area contributed by atoms with Crippen molar-refractivity contribution >= 4 is 7.82 Å². The second-order valence-corrected chi connectivity index (χ2v) is 2.75. The lowest BCUT2D eigenvalue weighted by Crippen LogP contribution is -2.02. The van der Waals surface area contributed by atoms with Gasteiger partial charge in [0.1, 0.15) is 0 Å². The lowest BCUT2D eigenvalue weighted by Gasteiger charge is -2.12. The van der Waals surface area contributed by atoms with E-state index in [4.69, 9.17) is 4.89 Å². The predicted octanol–water partition coefficient (Wildman–Crippen LogP) is -0.402. The molecule has 0 heterocycles. The van der Waals surface area contributed by atoms with Crippen LogP contribution in [0.2, 0.25) is 0 Å². The molecule has 0 aromatic carbocycles. The zero-order valence-corrected chi connectivity index (χ0v) is 7.51. The minimum atomic E-state index is -4.50. The first-order valence-electron chi connectivity index (χ1n) is 2.85. The van der Waals surface area contributed by atoms with Gasteiger partial charge >= 0.3 is 1.43 Å². The maximum atomic E-state index is 9.70. The number of phosphoric acid groups is 1. The van der Waals surface area contributed by atoms with E-state index in [-0.39, 0.29) is 8.03 Å². The maximum Gasteiger partial charge on any atom is 1.00 e. The molecule has 0 aliphatic heterocycles. The smallest absolute Gasteiger partial charge is 0.756 e. The molecule has 0 fully saturated rings. The van der Waals surface area contributed by atoms with Crippen LogP contribution in [0.25, 0.3) is 0 Å². The van der Waals surface area contributed by atoms with Gasteiger partial charge in [-0.15, -0.1) is 6.58 Å². The molecule has 0 aromatic heterocycles. The fourth-order valence-electron chi connectivity index (χ4n) is 0.147. The first-order chi connectivity index (χ1) is 4.97.